The molecule has 0 aromatic carbocycles. The number of hydrogen-bond acceptors (Lipinski definition) is 4. The van der Waals surface area contributed by atoms with Gasteiger partial charge in [0, 0.05) is 31.6 Å². The lowest BCUT2D eigenvalue weighted by Crippen LogP contribution is -2.04. The van der Waals surface area contributed by atoms with Crippen LogP contribution in [0.3, 0.4) is 0 Å². The number of hydrogen-bond donors (Lipinski definition) is 1. The number of allylic oxidation sites excluding steroid dienone is 1. The van der Waals surface area contributed by atoms with Crippen molar-refractivity contribution in [3.8, 4) is 0 Å². The van der Waals surface area contributed by atoms with E-state index in [4.69, 9.17) is 9.84 Å². The predicted molar refractivity (Wildman–Crippen MR) is 72.4 cm³/mol. The molecular formula is C14H18N2O2. The molecule has 0 atom stereocenters. The third-order valence-corrected chi connectivity index (χ3v) is 2.13. The highest BCUT2D eigenvalue weighted by atomic mass is 16.5. The number of ether oxygens (including phenoxy) is 1. The normalized spacial score (nSPS) is 11.7. The van der Waals surface area contributed by atoms with E-state index in [1.54, 1.807) is 18.5 Å². The monoisotopic (exact) mass is 246 g/mol. The van der Waals surface area contributed by atoms with Gasteiger partial charge in [-0.25, -0.2) is 4.99 Å². The summed E-state index contributed by atoms with van der Waals surface area (Å²) in [6.07, 6.45) is 10.1. The van der Waals surface area contributed by atoms with Crippen LogP contribution >= 0.6 is 0 Å². The van der Waals surface area contributed by atoms with Gasteiger partial charge in [-0.05, 0) is 30.2 Å². The van der Waals surface area contributed by atoms with Gasteiger partial charge in [0.1, 0.15) is 0 Å². The van der Waals surface area contributed by atoms with Crippen molar-refractivity contribution in [2.75, 3.05) is 13.2 Å². The standard InChI is InChI=1S/C14H18N2O2/c1-2-16-14(18-12-4-11-17)6-3-5-13-7-9-15-10-8-13/h2-3,6-10,17H,1,4-5,11-12H2/b6-3-,16-14+. The third kappa shape index (κ3) is 5.96. The number of nitrogens with zero attached hydrogens (tertiary/aromatic N) is 2. The van der Waals surface area contributed by atoms with Crippen LogP contribution in [0.2, 0.25) is 0 Å². The molecule has 0 unspecified atom stereocenters. The Labute approximate surface area is 107 Å². The molecule has 0 aliphatic heterocycles. The fourth-order valence-corrected chi connectivity index (χ4v) is 1.27. The molecule has 0 saturated carbocycles. The van der Waals surface area contributed by atoms with E-state index in [0.717, 1.165) is 6.42 Å². The maximum absolute atomic E-state index is 8.67. The molecule has 96 valence electrons. The van der Waals surface area contributed by atoms with Gasteiger partial charge in [-0.1, -0.05) is 12.7 Å². The second-order valence-corrected chi connectivity index (χ2v) is 3.54. The lowest BCUT2D eigenvalue weighted by Gasteiger charge is -2.03. The van der Waals surface area contributed by atoms with E-state index >= 15 is 0 Å². The Morgan fingerprint density at radius 3 is 2.89 bits per heavy atom. The summed E-state index contributed by atoms with van der Waals surface area (Å²) in [5.41, 5.74) is 1.18. The Bertz CT molecular complexity index is 400. The van der Waals surface area contributed by atoms with Crippen molar-refractivity contribution in [3.63, 3.8) is 0 Å². The quantitative estimate of drug-likeness (QED) is 0.455. The van der Waals surface area contributed by atoms with Crippen LogP contribution in [0.25, 0.3) is 0 Å². The zero-order valence-corrected chi connectivity index (χ0v) is 10.3. The molecule has 4 heteroatoms. The highest BCUT2D eigenvalue weighted by Gasteiger charge is 1.94. The lowest BCUT2D eigenvalue weighted by atomic mass is 10.2. The van der Waals surface area contributed by atoms with Gasteiger partial charge in [-0.15, -0.1) is 0 Å². The number of aromatic nitrogens is 1. The van der Waals surface area contributed by atoms with E-state index in [1.165, 1.54) is 11.8 Å². The first kappa shape index (κ1) is 14.1. The molecule has 1 heterocycles. The first-order chi connectivity index (χ1) is 8.86. The van der Waals surface area contributed by atoms with Crippen LogP contribution in [0.1, 0.15) is 12.0 Å². The molecule has 1 aromatic heterocycles. The number of aliphatic hydroxyl groups is 1. The van der Waals surface area contributed by atoms with Gasteiger partial charge < -0.3 is 9.84 Å². The summed E-state index contributed by atoms with van der Waals surface area (Å²) in [6, 6.07) is 3.92. The Morgan fingerprint density at radius 1 is 1.44 bits per heavy atom. The zero-order chi connectivity index (χ0) is 13.1. The maximum Gasteiger partial charge on any atom is 0.212 e. The third-order valence-electron chi connectivity index (χ3n) is 2.13. The summed E-state index contributed by atoms with van der Waals surface area (Å²) in [7, 11) is 0. The lowest BCUT2D eigenvalue weighted by molar-refractivity contribution is 0.228. The van der Waals surface area contributed by atoms with Crippen LogP contribution in [0.5, 0.6) is 0 Å². The van der Waals surface area contributed by atoms with Gasteiger partial charge in [-0.2, -0.15) is 0 Å². The number of pyridine rings is 1. The summed E-state index contributed by atoms with van der Waals surface area (Å²) in [6.45, 7) is 4.10. The SMILES string of the molecule is C=C/N=C(\C=C/Cc1ccncc1)OCCCO. The molecule has 0 spiro atoms. The van der Waals surface area contributed by atoms with E-state index in [2.05, 4.69) is 16.6 Å². The average molecular weight is 246 g/mol. The van der Waals surface area contributed by atoms with Crippen LogP contribution < -0.4 is 0 Å². The van der Waals surface area contributed by atoms with E-state index < -0.39 is 0 Å². The fraction of sp³-hybridized carbons (Fsp3) is 0.286. The molecule has 0 radical (unpaired) electrons. The topological polar surface area (TPSA) is 54.7 Å². The number of aliphatic hydroxyl groups excluding tert-OH is 1. The van der Waals surface area contributed by atoms with Crippen LogP contribution in [0, 0.1) is 0 Å². The molecule has 18 heavy (non-hydrogen) atoms. The molecule has 1 N–H and O–H groups in total. The van der Waals surface area contributed by atoms with Crippen LogP contribution in [-0.2, 0) is 11.2 Å². The van der Waals surface area contributed by atoms with Gasteiger partial charge in [-0.3, -0.25) is 4.98 Å². The van der Waals surface area contributed by atoms with Gasteiger partial charge in [0.05, 0.1) is 6.61 Å². The van der Waals surface area contributed by atoms with E-state index in [9.17, 15) is 0 Å². The van der Waals surface area contributed by atoms with E-state index in [-0.39, 0.29) is 6.61 Å². The van der Waals surface area contributed by atoms with Crippen molar-refractivity contribution in [1.29, 1.82) is 0 Å². The average Bonchev–Trinajstić information content (AvgIpc) is 2.40. The van der Waals surface area contributed by atoms with Crippen molar-refractivity contribution >= 4 is 5.90 Å². The molecule has 0 aliphatic carbocycles. The number of rotatable bonds is 7. The largest absolute Gasteiger partial charge is 0.478 e. The van der Waals surface area contributed by atoms with Crippen molar-refractivity contribution in [2.45, 2.75) is 12.8 Å². The van der Waals surface area contributed by atoms with Crippen LogP contribution in [0.4, 0.5) is 0 Å². The Balaban J connectivity index is 2.45. The maximum atomic E-state index is 8.67. The summed E-state index contributed by atoms with van der Waals surface area (Å²) in [5, 5.41) is 8.67. The molecule has 1 aromatic rings. The van der Waals surface area contributed by atoms with Gasteiger partial charge in [0.2, 0.25) is 5.90 Å². The van der Waals surface area contributed by atoms with Crippen LogP contribution in [0.15, 0.2) is 54.4 Å². The fourth-order valence-electron chi connectivity index (χ4n) is 1.27. The van der Waals surface area contributed by atoms with Crippen LogP contribution in [-0.4, -0.2) is 29.2 Å². The summed E-state index contributed by atoms with van der Waals surface area (Å²) in [4.78, 5) is 7.96. The smallest absolute Gasteiger partial charge is 0.212 e. The Kier molecular flexibility index (Phi) is 7.16. The second-order valence-electron chi connectivity index (χ2n) is 3.54. The van der Waals surface area contributed by atoms with Crippen molar-refractivity contribution < 1.29 is 9.84 Å². The molecule has 4 nitrogen and oxygen atoms in total. The van der Waals surface area contributed by atoms with Crippen molar-refractivity contribution in [1.82, 2.24) is 4.98 Å². The highest BCUT2D eigenvalue weighted by Crippen LogP contribution is 1.99. The second kappa shape index (κ2) is 9.13. The molecule has 1 rings (SSSR count). The van der Waals surface area contributed by atoms with E-state index in [0.29, 0.717) is 18.9 Å². The first-order valence-corrected chi connectivity index (χ1v) is 5.84. The Morgan fingerprint density at radius 2 is 2.22 bits per heavy atom. The van der Waals surface area contributed by atoms with Crippen molar-refractivity contribution in [3.05, 3.63) is 55.0 Å². The summed E-state index contributed by atoms with van der Waals surface area (Å²) < 4.78 is 5.38. The molecule has 0 fully saturated rings. The molecule has 0 amide bonds. The van der Waals surface area contributed by atoms with Gasteiger partial charge in [0.15, 0.2) is 0 Å². The minimum absolute atomic E-state index is 0.113. The minimum Gasteiger partial charge on any atom is -0.478 e. The predicted octanol–water partition coefficient (Wildman–Crippen LogP) is 2.12. The molecule has 0 saturated heterocycles. The Hall–Kier alpha value is -1.94. The highest BCUT2D eigenvalue weighted by molar-refractivity contribution is 5.88. The minimum atomic E-state index is 0.113. The zero-order valence-electron chi connectivity index (χ0n) is 10.3. The van der Waals surface area contributed by atoms with Gasteiger partial charge >= 0.3 is 0 Å². The molecule has 0 bridgehead atoms. The summed E-state index contributed by atoms with van der Waals surface area (Å²) in [5.74, 6) is 0.507. The van der Waals surface area contributed by atoms with Gasteiger partial charge in [0.25, 0.3) is 0 Å². The first-order valence-electron chi connectivity index (χ1n) is 5.84. The van der Waals surface area contributed by atoms with Crippen molar-refractivity contribution in [2.24, 2.45) is 4.99 Å². The molecular weight excluding hydrogens is 228 g/mol. The summed E-state index contributed by atoms with van der Waals surface area (Å²) >= 11 is 0. The van der Waals surface area contributed by atoms with E-state index in [1.807, 2.05) is 18.2 Å². The molecule has 0 aliphatic rings. The number of aliphatic imine (C=N–C) groups is 1.